The van der Waals surface area contributed by atoms with Crippen molar-refractivity contribution < 1.29 is 4.79 Å². The second kappa shape index (κ2) is 8.95. The minimum absolute atomic E-state index is 0.217. The van der Waals surface area contributed by atoms with Gasteiger partial charge in [0.15, 0.2) is 0 Å². The molecule has 2 heterocycles. The molecule has 2 unspecified atom stereocenters. The number of fused-ring (bicyclic) bond motifs is 2. The number of aryl methyl sites for hydroxylation is 1. The van der Waals surface area contributed by atoms with Gasteiger partial charge in [-0.1, -0.05) is 13.3 Å². The topological polar surface area (TPSA) is 67.4 Å². The molecule has 6 nitrogen and oxygen atoms in total. The second-order valence-electron chi connectivity index (χ2n) is 9.26. The minimum atomic E-state index is 0.217. The maximum Gasteiger partial charge on any atom is 0.225 e. The van der Waals surface area contributed by atoms with E-state index in [-0.39, 0.29) is 5.92 Å². The number of carbonyl (C=O) groups excluding carboxylic acids is 1. The Morgan fingerprint density at radius 3 is 2.68 bits per heavy atom. The monoisotopic (exact) mass is 387 g/mol. The molecule has 2 N–H and O–H groups in total. The first-order valence-electron chi connectivity index (χ1n) is 11.4. The first-order valence-corrected chi connectivity index (χ1v) is 11.4. The van der Waals surface area contributed by atoms with Gasteiger partial charge in [0.25, 0.3) is 0 Å². The van der Waals surface area contributed by atoms with E-state index in [9.17, 15) is 4.79 Å². The number of nitrogens with two attached hydrogens (primary N) is 1. The Labute approximate surface area is 169 Å². The SMILES string of the molecule is CCCn1cc(CN2CCCN(C(=O)C3CC4CCCC(C3)C4N)CC2)cn1. The van der Waals surface area contributed by atoms with Gasteiger partial charge in [0, 0.05) is 63.0 Å². The standard InChI is InChI=1S/C22H37N5O/c1-2-7-27-16-17(14-24-27)15-25-8-4-9-26(11-10-25)22(28)20-12-18-5-3-6-19(13-20)21(18)23/h14,16,18-21H,2-13,15,23H2,1H3. The predicted octanol–water partition coefficient (Wildman–Crippen LogP) is 2.48. The maximum absolute atomic E-state index is 13.2. The van der Waals surface area contributed by atoms with E-state index in [1.807, 2.05) is 10.9 Å². The molecule has 0 aromatic carbocycles. The molecular weight excluding hydrogens is 350 g/mol. The Morgan fingerprint density at radius 1 is 1.14 bits per heavy atom. The third kappa shape index (κ3) is 4.43. The van der Waals surface area contributed by atoms with E-state index in [0.29, 0.717) is 23.8 Å². The van der Waals surface area contributed by atoms with Crippen LogP contribution in [-0.4, -0.2) is 57.7 Å². The van der Waals surface area contributed by atoms with Gasteiger partial charge in [-0.15, -0.1) is 0 Å². The lowest BCUT2D eigenvalue weighted by Crippen LogP contribution is -2.50. The lowest BCUT2D eigenvalue weighted by Gasteiger charge is -2.44. The highest BCUT2D eigenvalue weighted by Crippen LogP contribution is 2.42. The number of carbonyl (C=O) groups is 1. The van der Waals surface area contributed by atoms with Crippen molar-refractivity contribution in [1.82, 2.24) is 19.6 Å². The Balaban J connectivity index is 1.30. The van der Waals surface area contributed by atoms with E-state index >= 15 is 0 Å². The van der Waals surface area contributed by atoms with Crippen molar-refractivity contribution >= 4 is 5.91 Å². The molecule has 2 aliphatic carbocycles. The Hall–Kier alpha value is -1.40. The molecule has 1 saturated heterocycles. The fourth-order valence-corrected chi connectivity index (χ4v) is 5.70. The van der Waals surface area contributed by atoms with Gasteiger partial charge in [-0.05, 0) is 50.4 Å². The molecule has 1 aliphatic heterocycles. The molecule has 6 heteroatoms. The summed E-state index contributed by atoms with van der Waals surface area (Å²) in [5, 5.41) is 4.45. The van der Waals surface area contributed by atoms with Gasteiger partial charge >= 0.3 is 0 Å². The van der Waals surface area contributed by atoms with Crippen LogP contribution in [0.2, 0.25) is 0 Å². The van der Waals surface area contributed by atoms with E-state index in [1.54, 1.807) is 0 Å². The van der Waals surface area contributed by atoms with Crippen molar-refractivity contribution in [1.29, 1.82) is 0 Å². The predicted molar refractivity (Wildman–Crippen MR) is 111 cm³/mol. The van der Waals surface area contributed by atoms with Gasteiger partial charge in [-0.2, -0.15) is 5.10 Å². The second-order valence-corrected chi connectivity index (χ2v) is 9.26. The van der Waals surface area contributed by atoms with E-state index in [4.69, 9.17) is 5.73 Å². The van der Waals surface area contributed by atoms with Crippen LogP contribution in [0.15, 0.2) is 12.4 Å². The Morgan fingerprint density at radius 2 is 1.93 bits per heavy atom. The number of rotatable bonds is 5. The molecule has 0 radical (unpaired) electrons. The summed E-state index contributed by atoms with van der Waals surface area (Å²) in [4.78, 5) is 17.9. The molecular formula is C22H37N5O. The van der Waals surface area contributed by atoms with Crippen LogP contribution in [0, 0.1) is 17.8 Å². The molecule has 1 aromatic rings. The zero-order chi connectivity index (χ0) is 19.5. The van der Waals surface area contributed by atoms with Crippen molar-refractivity contribution in [2.24, 2.45) is 23.5 Å². The minimum Gasteiger partial charge on any atom is -0.341 e. The number of amides is 1. The van der Waals surface area contributed by atoms with E-state index in [2.05, 4.69) is 28.0 Å². The van der Waals surface area contributed by atoms with Gasteiger partial charge in [-0.25, -0.2) is 0 Å². The van der Waals surface area contributed by atoms with Crippen molar-refractivity contribution in [2.75, 3.05) is 26.2 Å². The summed E-state index contributed by atoms with van der Waals surface area (Å²) in [5.41, 5.74) is 7.70. The van der Waals surface area contributed by atoms with Crippen LogP contribution in [0.3, 0.4) is 0 Å². The largest absolute Gasteiger partial charge is 0.341 e. The Kier molecular flexibility index (Phi) is 6.36. The van der Waals surface area contributed by atoms with E-state index in [0.717, 1.165) is 65.0 Å². The van der Waals surface area contributed by atoms with Gasteiger partial charge in [-0.3, -0.25) is 14.4 Å². The van der Waals surface area contributed by atoms with Crippen molar-refractivity contribution in [3.63, 3.8) is 0 Å². The van der Waals surface area contributed by atoms with E-state index in [1.165, 1.54) is 24.8 Å². The zero-order valence-electron chi connectivity index (χ0n) is 17.4. The quantitative estimate of drug-likeness (QED) is 0.843. The van der Waals surface area contributed by atoms with Gasteiger partial charge in [0.2, 0.25) is 5.91 Å². The third-order valence-electron chi connectivity index (χ3n) is 7.21. The molecule has 2 atom stereocenters. The van der Waals surface area contributed by atoms with Gasteiger partial charge < -0.3 is 10.6 Å². The Bertz CT molecular complexity index is 645. The first-order chi connectivity index (χ1) is 13.6. The average molecular weight is 388 g/mol. The van der Waals surface area contributed by atoms with Crippen LogP contribution in [0.1, 0.15) is 57.4 Å². The summed E-state index contributed by atoms with van der Waals surface area (Å²) in [7, 11) is 0. The summed E-state index contributed by atoms with van der Waals surface area (Å²) in [6.07, 6.45) is 12.1. The van der Waals surface area contributed by atoms with Gasteiger partial charge in [0.1, 0.15) is 0 Å². The normalized spacial score (nSPS) is 31.6. The van der Waals surface area contributed by atoms with Crippen LogP contribution >= 0.6 is 0 Å². The highest BCUT2D eigenvalue weighted by molar-refractivity contribution is 5.79. The lowest BCUT2D eigenvalue weighted by molar-refractivity contribution is -0.138. The van der Waals surface area contributed by atoms with Crippen LogP contribution in [-0.2, 0) is 17.9 Å². The lowest BCUT2D eigenvalue weighted by atomic mass is 9.65. The number of aromatic nitrogens is 2. The molecule has 156 valence electrons. The van der Waals surface area contributed by atoms with Crippen LogP contribution in [0.5, 0.6) is 0 Å². The molecule has 2 saturated carbocycles. The van der Waals surface area contributed by atoms with Crippen LogP contribution in [0.25, 0.3) is 0 Å². The summed E-state index contributed by atoms with van der Waals surface area (Å²) in [6, 6.07) is 0.339. The smallest absolute Gasteiger partial charge is 0.225 e. The molecule has 3 aliphatic rings. The number of hydrogen-bond acceptors (Lipinski definition) is 4. The highest BCUT2D eigenvalue weighted by atomic mass is 16.2. The molecule has 0 spiro atoms. The molecule has 1 aromatic heterocycles. The summed E-state index contributed by atoms with van der Waals surface area (Å²) in [5.74, 6) is 1.77. The average Bonchev–Trinajstić information content (AvgIpc) is 2.97. The molecule has 3 fully saturated rings. The molecule has 2 bridgehead atoms. The number of hydrogen-bond donors (Lipinski definition) is 1. The fourth-order valence-electron chi connectivity index (χ4n) is 5.70. The zero-order valence-corrected chi connectivity index (χ0v) is 17.4. The van der Waals surface area contributed by atoms with Crippen molar-refractivity contribution in [3.8, 4) is 0 Å². The first kappa shape index (κ1) is 19.9. The van der Waals surface area contributed by atoms with Gasteiger partial charge in [0.05, 0.1) is 6.20 Å². The van der Waals surface area contributed by atoms with E-state index < -0.39 is 0 Å². The van der Waals surface area contributed by atoms with Crippen LogP contribution in [0.4, 0.5) is 0 Å². The summed E-state index contributed by atoms with van der Waals surface area (Å²) in [6.45, 7) is 7.88. The number of nitrogens with zero attached hydrogens (tertiary/aromatic N) is 4. The van der Waals surface area contributed by atoms with Crippen molar-refractivity contribution in [2.45, 2.75) is 71.0 Å². The van der Waals surface area contributed by atoms with Crippen molar-refractivity contribution in [3.05, 3.63) is 18.0 Å². The third-order valence-corrected chi connectivity index (χ3v) is 7.21. The highest BCUT2D eigenvalue weighted by Gasteiger charge is 2.41. The maximum atomic E-state index is 13.2. The fraction of sp³-hybridized carbons (Fsp3) is 0.818. The summed E-state index contributed by atoms with van der Waals surface area (Å²) >= 11 is 0. The molecule has 4 rings (SSSR count). The molecule has 28 heavy (non-hydrogen) atoms. The van der Waals surface area contributed by atoms with Crippen LogP contribution < -0.4 is 5.73 Å². The summed E-state index contributed by atoms with van der Waals surface area (Å²) < 4.78 is 2.04. The molecule has 1 amide bonds.